The summed E-state index contributed by atoms with van der Waals surface area (Å²) in [6.45, 7) is 2.77. The van der Waals surface area contributed by atoms with E-state index in [9.17, 15) is 0 Å². The van der Waals surface area contributed by atoms with E-state index in [1.807, 2.05) is 48.5 Å². The normalized spacial score (nSPS) is 12.0. The number of hydrogen-bond acceptors (Lipinski definition) is 4. The van der Waals surface area contributed by atoms with E-state index < -0.39 is 0 Å². The first kappa shape index (κ1) is 15.4. The Morgan fingerprint density at radius 3 is 2.14 bits per heavy atom. The van der Waals surface area contributed by atoms with E-state index in [-0.39, 0.29) is 6.04 Å². The van der Waals surface area contributed by atoms with Crippen LogP contribution in [0.5, 0.6) is 11.5 Å². The van der Waals surface area contributed by atoms with Gasteiger partial charge in [0.1, 0.15) is 11.5 Å². The molecule has 0 aliphatic rings. The first-order valence-corrected chi connectivity index (χ1v) is 7.12. The number of benzene rings is 2. The summed E-state index contributed by atoms with van der Waals surface area (Å²) in [4.78, 5) is 0. The van der Waals surface area contributed by atoms with Crippen LogP contribution in [0.1, 0.15) is 30.5 Å². The van der Waals surface area contributed by atoms with Crippen molar-refractivity contribution in [2.75, 3.05) is 13.7 Å². The Hall–Kier alpha value is -2.04. The molecule has 2 aromatic rings. The Balaban J connectivity index is 2.41. The molecule has 2 aromatic carbocycles. The van der Waals surface area contributed by atoms with Crippen molar-refractivity contribution in [3.05, 3.63) is 59.7 Å². The second kappa shape index (κ2) is 7.67. The molecule has 0 aliphatic heterocycles. The third-order valence-electron chi connectivity index (χ3n) is 3.31. The van der Waals surface area contributed by atoms with Gasteiger partial charge < -0.3 is 9.47 Å². The standard InChI is InChI=1S/C17H22N2O2/c1-3-12-21-16-11-7-5-9-14(16)17(19-18)13-8-4-6-10-15(13)20-2/h4-11,17,19H,3,12,18H2,1-2H3. The number of rotatable bonds is 7. The molecule has 112 valence electrons. The van der Waals surface area contributed by atoms with Crippen molar-refractivity contribution in [3.8, 4) is 11.5 Å². The highest BCUT2D eigenvalue weighted by Gasteiger charge is 2.20. The lowest BCUT2D eigenvalue weighted by atomic mass is 9.97. The van der Waals surface area contributed by atoms with E-state index in [1.54, 1.807) is 7.11 Å². The number of nitrogens with two attached hydrogens (primary N) is 1. The summed E-state index contributed by atoms with van der Waals surface area (Å²) in [5.41, 5.74) is 4.85. The molecule has 1 unspecified atom stereocenters. The Bertz CT molecular complexity index is 572. The van der Waals surface area contributed by atoms with Crippen LogP contribution in [0.25, 0.3) is 0 Å². The molecule has 1 atom stereocenters. The van der Waals surface area contributed by atoms with Crippen molar-refractivity contribution in [3.63, 3.8) is 0 Å². The van der Waals surface area contributed by atoms with Crippen LogP contribution in [0.15, 0.2) is 48.5 Å². The van der Waals surface area contributed by atoms with Crippen molar-refractivity contribution in [1.82, 2.24) is 5.43 Å². The first-order valence-electron chi connectivity index (χ1n) is 7.12. The highest BCUT2D eigenvalue weighted by atomic mass is 16.5. The minimum atomic E-state index is -0.186. The average molecular weight is 286 g/mol. The van der Waals surface area contributed by atoms with Gasteiger partial charge in [-0.1, -0.05) is 43.3 Å². The largest absolute Gasteiger partial charge is 0.496 e. The Morgan fingerprint density at radius 1 is 1.00 bits per heavy atom. The topological polar surface area (TPSA) is 56.5 Å². The van der Waals surface area contributed by atoms with Gasteiger partial charge in [0.2, 0.25) is 0 Å². The van der Waals surface area contributed by atoms with Crippen LogP contribution in [-0.2, 0) is 0 Å². The molecule has 0 bridgehead atoms. The van der Waals surface area contributed by atoms with Crippen LogP contribution < -0.4 is 20.7 Å². The molecule has 0 saturated heterocycles. The second-order valence-electron chi connectivity index (χ2n) is 4.73. The van der Waals surface area contributed by atoms with Gasteiger partial charge in [0, 0.05) is 11.1 Å². The molecule has 4 heteroatoms. The maximum Gasteiger partial charge on any atom is 0.124 e. The fourth-order valence-electron chi connectivity index (χ4n) is 2.31. The molecule has 0 amide bonds. The van der Waals surface area contributed by atoms with Gasteiger partial charge in [0.15, 0.2) is 0 Å². The first-order chi connectivity index (χ1) is 10.3. The van der Waals surface area contributed by atoms with Crippen molar-refractivity contribution < 1.29 is 9.47 Å². The number of hydrazine groups is 1. The lowest BCUT2D eigenvalue weighted by Crippen LogP contribution is -2.29. The highest BCUT2D eigenvalue weighted by Crippen LogP contribution is 2.34. The summed E-state index contributed by atoms with van der Waals surface area (Å²) in [5.74, 6) is 7.43. The van der Waals surface area contributed by atoms with E-state index in [0.717, 1.165) is 29.0 Å². The van der Waals surface area contributed by atoms with E-state index in [2.05, 4.69) is 12.3 Å². The predicted molar refractivity (Wildman–Crippen MR) is 84.4 cm³/mol. The third kappa shape index (κ3) is 3.54. The van der Waals surface area contributed by atoms with E-state index >= 15 is 0 Å². The summed E-state index contributed by atoms with van der Waals surface area (Å²) in [6.07, 6.45) is 0.962. The van der Waals surface area contributed by atoms with Gasteiger partial charge in [-0.15, -0.1) is 0 Å². The summed E-state index contributed by atoms with van der Waals surface area (Å²) in [6, 6.07) is 15.6. The quantitative estimate of drug-likeness (QED) is 0.607. The maximum atomic E-state index is 5.83. The molecule has 2 rings (SSSR count). The second-order valence-corrected chi connectivity index (χ2v) is 4.73. The minimum Gasteiger partial charge on any atom is -0.496 e. The lowest BCUT2D eigenvalue weighted by molar-refractivity contribution is 0.311. The molecular formula is C17H22N2O2. The van der Waals surface area contributed by atoms with Crippen LogP contribution >= 0.6 is 0 Å². The van der Waals surface area contributed by atoms with Gasteiger partial charge in [-0.25, -0.2) is 5.43 Å². The predicted octanol–water partition coefficient (Wildman–Crippen LogP) is 3.04. The van der Waals surface area contributed by atoms with Crippen LogP contribution in [0.4, 0.5) is 0 Å². The zero-order chi connectivity index (χ0) is 15.1. The Kier molecular flexibility index (Phi) is 5.60. The molecule has 0 radical (unpaired) electrons. The number of ether oxygens (including phenoxy) is 2. The van der Waals surface area contributed by atoms with Gasteiger partial charge in [-0.2, -0.15) is 0 Å². The van der Waals surface area contributed by atoms with Gasteiger partial charge >= 0.3 is 0 Å². The molecule has 4 nitrogen and oxygen atoms in total. The monoisotopic (exact) mass is 286 g/mol. The molecule has 0 heterocycles. The van der Waals surface area contributed by atoms with Gasteiger partial charge in [-0.05, 0) is 18.6 Å². The van der Waals surface area contributed by atoms with Crippen LogP contribution in [0.2, 0.25) is 0 Å². The molecule has 0 aromatic heterocycles. The Morgan fingerprint density at radius 2 is 1.57 bits per heavy atom. The van der Waals surface area contributed by atoms with Crippen LogP contribution in [0, 0.1) is 0 Å². The number of hydrogen-bond donors (Lipinski definition) is 2. The summed E-state index contributed by atoms with van der Waals surface area (Å²) < 4.78 is 11.3. The summed E-state index contributed by atoms with van der Waals surface area (Å²) >= 11 is 0. The lowest BCUT2D eigenvalue weighted by Gasteiger charge is -2.22. The molecule has 0 saturated carbocycles. The Labute approximate surface area is 125 Å². The van der Waals surface area contributed by atoms with Gasteiger partial charge in [0.25, 0.3) is 0 Å². The van der Waals surface area contributed by atoms with Crippen molar-refractivity contribution in [2.24, 2.45) is 5.84 Å². The smallest absolute Gasteiger partial charge is 0.124 e. The summed E-state index contributed by atoms with van der Waals surface area (Å²) in [7, 11) is 1.66. The fraction of sp³-hybridized carbons (Fsp3) is 0.294. The fourth-order valence-corrected chi connectivity index (χ4v) is 2.31. The molecular weight excluding hydrogens is 264 g/mol. The zero-order valence-electron chi connectivity index (χ0n) is 12.5. The van der Waals surface area contributed by atoms with Crippen LogP contribution in [-0.4, -0.2) is 13.7 Å². The number of para-hydroxylation sites is 2. The molecule has 21 heavy (non-hydrogen) atoms. The van der Waals surface area contributed by atoms with Gasteiger partial charge in [-0.3, -0.25) is 5.84 Å². The van der Waals surface area contributed by atoms with E-state index in [0.29, 0.717) is 6.61 Å². The molecule has 0 spiro atoms. The van der Waals surface area contributed by atoms with Crippen molar-refractivity contribution >= 4 is 0 Å². The minimum absolute atomic E-state index is 0.186. The molecule has 0 aliphatic carbocycles. The molecule has 3 N–H and O–H groups in total. The van der Waals surface area contributed by atoms with Crippen molar-refractivity contribution in [1.29, 1.82) is 0 Å². The van der Waals surface area contributed by atoms with Gasteiger partial charge in [0.05, 0.1) is 19.8 Å². The van der Waals surface area contributed by atoms with Crippen molar-refractivity contribution in [2.45, 2.75) is 19.4 Å². The van der Waals surface area contributed by atoms with E-state index in [1.165, 1.54) is 0 Å². The summed E-state index contributed by atoms with van der Waals surface area (Å²) in [5, 5.41) is 0. The number of nitrogens with one attached hydrogen (secondary N) is 1. The highest BCUT2D eigenvalue weighted by molar-refractivity contribution is 5.46. The van der Waals surface area contributed by atoms with E-state index in [4.69, 9.17) is 15.3 Å². The number of methoxy groups -OCH3 is 1. The average Bonchev–Trinajstić information content (AvgIpc) is 2.55. The SMILES string of the molecule is CCCOc1ccccc1C(NN)c1ccccc1OC. The zero-order valence-corrected chi connectivity index (χ0v) is 12.5. The maximum absolute atomic E-state index is 5.83. The van der Waals surface area contributed by atoms with Crippen LogP contribution in [0.3, 0.4) is 0 Å². The third-order valence-corrected chi connectivity index (χ3v) is 3.31. The molecule has 0 fully saturated rings.